The average molecular weight is 1010 g/mol. The Labute approximate surface area is 436 Å². The van der Waals surface area contributed by atoms with Crippen molar-refractivity contribution in [2.75, 3.05) is 57.9 Å². The molecule has 0 atom stereocenters. The number of nitrogens with one attached hydrogen (secondary N) is 3. The normalized spacial score (nSPS) is 15.6. The van der Waals surface area contributed by atoms with Gasteiger partial charge >= 0.3 is 0 Å². The van der Waals surface area contributed by atoms with Crippen molar-refractivity contribution in [1.82, 2.24) is 40.2 Å². The first kappa shape index (κ1) is 55.0. The number of nitrogens with zero attached hydrogens (tertiary/aromatic N) is 6. The SMILES string of the molecule is C=CCCCC(=O)NC.C=CNCCc1c(CC)c(N2CCCc3cc(-c4cn(C5CCN(C(=C)CCCOc6cccc7c6C(=C)NC7=O)CC5)c5ccncc45)c(C(F)F)cc32)nn1C1CCOCC1.CC. The molecule has 2 amide bonds. The van der Waals surface area contributed by atoms with Crippen LogP contribution in [0.15, 0.2) is 99.3 Å². The summed E-state index contributed by atoms with van der Waals surface area (Å²) in [5.41, 5.74) is 9.63. The number of anilines is 2. The summed E-state index contributed by atoms with van der Waals surface area (Å²) in [7, 11) is 1.65. The number of hydrogen-bond acceptors (Lipinski definition) is 9. The van der Waals surface area contributed by atoms with Crippen molar-refractivity contribution in [3.8, 4) is 16.9 Å². The number of allylic oxidation sites excluding steroid dienone is 2. The Kier molecular flexibility index (Phi) is 19.7. The topological polar surface area (TPSA) is 131 Å². The number of hydrogen-bond donors (Lipinski definition) is 3. The molecule has 2 fully saturated rings. The zero-order valence-electron chi connectivity index (χ0n) is 44.1. The number of ether oxygens (including phenoxy) is 2. The Hall–Kier alpha value is -6.74. The van der Waals surface area contributed by atoms with Crippen LogP contribution in [0, 0.1) is 0 Å². The number of halogens is 2. The van der Waals surface area contributed by atoms with Crippen molar-refractivity contribution < 1.29 is 27.8 Å². The van der Waals surface area contributed by atoms with Crippen LogP contribution in [-0.4, -0.2) is 89.1 Å². The highest BCUT2D eigenvalue weighted by molar-refractivity contribution is 6.10. The van der Waals surface area contributed by atoms with Crippen LogP contribution in [0.25, 0.3) is 27.7 Å². The summed E-state index contributed by atoms with van der Waals surface area (Å²) >= 11 is 0. The number of aryl methyl sites for hydroxylation is 1. The van der Waals surface area contributed by atoms with Gasteiger partial charge in [0.2, 0.25) is 5.91 Å². The Morgan fingerprint density at radius 2 is 1.80 bits per heavy atom. The monoisotopic (exact) mass is 1010 g/mol. The molecule has 15 heteroatoms. The lowest BCUT2D eigenvalue weighted by Gasteiger charge is -2.35. The van der Waals surface area contributed by atoms with Crippen molar-refractivity contribution in [1.29, 1.82) is 0 Å². The number of likely N-dealkylation sites (tertiary alicyclic amines) is 1. The van der Waals surface area contributed by atoms with Crippen LogP contribution in [0.5, 0.6) is 5.75 Å². The number of fused-ring (bicyclic) bond motifs is 3. The van der Waals surface area contributed by atoms with Crippen molar-refractivity contribution in [3.05, 3.63) is 133 Å². The van der Waals surface area contributed by atoms with Gasteiger partial charge < -0.3 is 39.8 Å². The van der Waals surface area contributed by atoms with Crippen LogP contribution in [-0.2, 0) is 28.8 Å². The molecule has 3 aromatic heterocycles. The van der Waals surface area contributed by atoms with E-state index >= 15 is 8.78 Å². The van der Waals surface area contributed by atoms with Gasteiger partial charge in [-0.15, -0.1) is 6.58 Å². The number of carbonyl (C=O) groups excluding carboxylic acids is 2. The van der Waals surface area contributed by atoms with E-state index < -0.39 is 6.43 Å². The number of carbonyl (C=O) groups is 2. The predicted octanol–water partition coefficient (Wildman–Crippen LogP) is 11.9. The predicted molar refractivity (Wildman–Crippen MR) is 294 cm³/mol. The summed E-state index contributed by atoms with van der Waals surface area (Å²) in [6.45, 7) is 27.0. The van der Waals surface area contributed by atoms with Gasteiger partial charge in [-0.05, 0) is 118 Å². The third-order valence-electron chi connectivity index (χ3n) is 14.5. The first-order valence-corrected chi connectivity index (χ1v) is 26.8. The zero-order chi connectivity index (χ0) is 52.7. The summed E-state index contributed by atoms with van der Waals surface area (Å²) in [4.78, 5) is 31.8. The minimum Gasteiger partial charge on any atom is -0.493 e. The van der Waals surface area contributed by atoms with Gasteiger partial charge in [0.05, 0.1) is 29.3 Å². The van der Waals surface area contributed by atoms with E-state index in [1.807, 2.05) is 50.4 Å². The molecule has 396 valence electrons. The van der Waals surface area contributed by atoms with E-state index in [1.165, 1.54) is 11.3 Å². The van der Waals surface area contributed by atoms with Gasteiger partial charge in [0, 0.05) is 129 Å². The van der Waals surface area contributed by atoms with Crippen LogP contribution >= 0.6 is 0 Å². The first-order valence-electron chi connectivity index (χ1n) is 26.8. The first-order chi connectivity index (χ1) is 36.1. The van der Waals surface area contributed by atoms with Crippen LogP contribution in [0.1, 0.15) is 142 Å². The molecule has 13 nitrogen and oxygen atoms in total. The number of piperidine rings is 1. The molecule has 0 saturated carbocycles. The second-order valence-corrected chi connectivity index (χ2v) is 19.0. The maximum absolute atomic E-state index is 15.5. The fraction of sp³-hybridized carbons (Fsp3) is 0.458. The van der Waals surface area contributed by atoms with Gasteiger partial charge in [0.15, 0.2) is 5.82 Å². The molecule has 74 heavy (non-hydrogen) atoms. The lowest BCUT2D eigenvalue weighted by Crippen LogP contribution is -2.33. The number of alkyl halides is 2. The van der Waals surface area contributed by atoms with E-state index in [0.717, 1.165) is 141 Å². The Bertz CT molecular complexity index is 2770. The van der Waals surface area contributed by atoms with Crippen molar-refractivity contribution >= 4 is 39.9 Å². The molecule has 0 aliphatic carbocycles. The molecule has 5 aromatic rings. The van der Waals surface area contributed by atoms with Crippen LogP contribution < -0.4 is 25.6 Å². The molecule has 0 unspecified atom stereocenters. The molecular weight excluding hydrogens is 937 g/mol. The average Bonchev–Trinajstić information content (AvgIpc) is 4.10. The van der Waals surface area contributed by atoms with E-state index in [9.17, 15) is 9.59 Å². The number of benzene rings is 2. The second-order valence-electron chi connectivity index (χ2n) is 19.0. The fourth-order valence-corrected chi connectivity index (χ4v) is 10.8. The molecule has 0 radical (unpaired) electrons. The quantitative estimate of drug-likeness (QED) is 0.0515. The Morgan fingerprint density at radius 1 is 1.01 bits per heavy atom. The summed E-state index contributed by atoms with van der Waals surface area (Å²) in [6.07, 6.45) is 17.5. The summed E-state index contributed by atoms with van der Waals surface area (Å²) < 4.78 is 47.3. The number of aromatic nitrogens is 4. The molecule has 4 aliphatic rings. The highest BCUT2D eigenvalue weighted by atomic mass is 19.3. The van der Waals surface area contributed by atoms with Gasteiger partial charge in [-0.25, -0.2) is 8.78 Å². The van der Waals surface area contributed by atoms with E-state index in [4.69, 9.17) is 14.6 Å². The molecule has 7 heterocycles. The molecule has 2 aromatic carbocycles. The van der Waals surface area contributed by atoms with Gasteiger partial charge in [-0.2, -0.15) is 5.10 Å². The van der Waals surface area contributed by atoms with E-state index in [0.29, 0.717) is 55.4 Å². The third kappa shape index (κ3) is 12.4. The fourth-order valence-electron chi connectivity index (χ4n) is 10.8. The second kappa shape index (κ2) is 26.5. The highest BCUT2D eigenvalue weighted by Gasteiger charge is 2.32. The zero-order valence-corrected chi connectivity index (χ0v) is 44.1. The number of unbranched alkanes of at least 4 members (excludes halogenated alkanes) is 1. The molecule has 9 rings (SSSR count). The highest BCUT2D eigenvalue weighted by Crippen LogP contribution is 2.45. The summed E-state index contributed by atoms with van der Waals surface area (Å²) in [6, 6.07) is 11.7. The third-order valence-corrected chi connectivity index (χ3v) is 14.5. The smallest absolute Gasteiger partial charge is 0.264 e. The number of rotatable bonds is 20. The molecule has 2 saturated heterocycles. The van der Waals surface area contributed by atoms with Gasteiger partial charge in [-0.1, -0.05) is 52.7 Å². The number of pyridine rings is 1. The van der Waals surface area contributed by atoms with Gasteiger partial charge in [0.25, 0.3) is 12.3 Å². The maximum Gasteiger partial charge on any atom is 0.264 e. The molecule has 0 spiro atoms. The molecule has 0 bridgehead atoms. The largest absolute Gasteiger partial charge is 0.493 e. The molecular formula is C59H77F2N9O4. The summed E-state index contributed by atoms with van der Waals surface area (Å²) in [5.74, 6) is 1.50. The van der Waals surface area contributed by atoms with Crippen LogP contribution in [0.4, 0.5) is 20.3 Å². The van der Waals surface area contributed by atoms with Gasteiger partial charge in [-0.3, -0.25) is 19.3 Å². The number of amides is 2. The minimum atomic E-state index is -2.68. The van der Waals surface area contributed by atoms with E-state index in [2.05, 4.69) is 79.4 Å². The van der Waals surface area contributed by atoms with Crippen molar-refractivity contribution in [2.45, 2.75) is 123 Å². The van der Waals surface area contributed by atoms with Crippen LogP contribution in [0.2, 0.25) is 0 Å². The Balaban J connectivity index is 0.000000659. The van der Waals surface area contributed by atoms with E-state index in [-0.39, 0.29) is 29.5 Å². The van der Waals surface area contributed by atoms with E-state index in [1.54, 1.807) is 31.6 Å². The molecule has 4 aliphatic heterocycles. The van der Waals surface area contributed by atoms with Gasteiger partial charge in [0.1, 0.15) is 5.75 Å². The van der Waals surface area contributed by atoms with Crippen molar-refractivity contribution in [3.63, 3.8) is 0 Å². The van der Waals surface area contributed by atoms with Crippen molar-refractivity contribution in [2.24, 2.45) is 0 Å². The molecule has 3 N–H and O–H groups in total. The minimum absolute atomic E-state index is 0.0303. The van der Waals surface area contributed by atoms with Crippen LogP contribution in [0.3, 0.4) is 0 Å². The Morgan fingerprint density at radius 3 is 2.51 bits per heavy atom. The summed E-state index contributed by atoms with van der Waals surface area (Å²) in [5, 5.41) is 14.8. The lowest BCUT2D eigenvalue weighted by atomic mass is 9.91. The lowest BCUT2D eigenvalue weighted by molar-refractivity contribution is -0.120. The maximum atomic E-state index is 15.5. The standard InChI is InChI=1S/C50H58F2N8O3.C7H13NO.C2H6/c1-5-37-44(15-20-53-6-2)60(36-18-26-62-27-19-36)56-49(37)58-22-8-11-34-28-39(40(48(51)52)29-45(34)58)42-31-59(43-14-21-54-30-41(42)43)35-16-23-57(24-17-35)32(3)10-9-25-63-46-13-7-12-38-47(46)33(4)55-50(38)61;1-3-4-5-6-7(9)8-2;1-2/h6-7,12-14,21,28-31,35-36,48,53H,2-5,8-11,15-20,22-27H2,1H3,(H,55,61);3H,1,4-6H2,2H3,(H,8,9);1-2H3.